The highest BCUT2D eigenvalue weighted by molar-refractivity contribution is 5.70. The standard InChI is InChI=1S/C39H71N3O4/c1-3-5-7-9-11-13-15-17-19-21-23-25-35-45-38(43)27-30-41(33-34-42-32-29-40-37-42)31-28-39(44)46-36-26-24-22-20-18-16-14-12-10-8-6-4-2/h9,11,29,32,37H,3-8,10,12-28,30-31,33-36H2,1-2H3/b11-9+. The van der Waals surface area contributed by atoms with Crippen LogP contribution in [0.15, 0.2) is 30.9 Å². The molecule has 1 aromatic heterocycles. The van der Waals surface area contributed by atoms with Gasteiger partial charge in [0.2, 0.25) is 0 Å². The molecule has 0 bridgehead atoms. The van der Waals surface area contributed by atoms with Gasteiger partial charge in [0.15, 0.2) is 0 Å². The Labute approximate surface area is 283 Å². The first-order valence-electron chi connectivity index (χ1n) is 19.3. The number of unbranched alkanes of at least 4 members (excludes halogenated alkanes) is 19. The van der Waals surface area contributed by atoms with E-state index in [1.54, 1.807) is 12.5 Å². The van der Waals surface area contributed by atoms with Crippen molar-refractivity contribution in [1.82, 2.24) is 14.5 Å². The molecule has 1 aromatic rings. The predicted molar refractivity (Wildman–Crippen MR) is 192 cm³/mol. The van der Waals surface area contributed by atoms with Crippen LogP contribution >= 0.6 is 0 Å². The molecule has 46 heavy (non-hydrogen) atoms. The van der Waals surface area contributed by atoms with Crippen LogP contribution in [0, 0.1) is 0 Å². The predicted octanol–water partition coefficient (Wildman–Crippen LogP) is 10.2. The summed E-state index contributed by atoms with van der Waals surface area (Å²) in [4.78, 5) is 31.1. The molecule has 7 nitrogen and oxygen atoms in total. The van der Waals surface area contributed by atoms with Crippen LogP contribution in [0.25, 0.3) is 0 Å². The van der Waals surface area contributed by atoms with Crippen LogP contribution in [0.2, 0.25) is 0 Å². The summed E-state index contributed by atoms with van der Waals surface area (Å²) in [7, 11) is 0. The molecule has 0 spiro atoms. The number of imidazole rings is 1. The van der Waals surface area contributed by atoms with Crippen LogP contribution in [0.5, 0.6) is 0 Å². The average molecular weight is 646 g/mol. The topological polar surface area (TPSA) is 73.7 Å². The minimum absolute atomic E-state index is 0.151. The van der Waals surface area contributed by atoms with Crippen molar-refractivity contribution in [1.29, 1.82) is 0 Å². The first-order valence-corrected chi connectivity index (χ1v) is 19.3. The number of carbonyl (C=O) groups is 2. The van der Waals surface area contributed by atoms with E-state index in [-0.39, 0.29) is 11.9 Å². The summed E-state index contributed by atoms with van der Waals surface area (Å²) in [6.45, 7) is 8.16. The Bertz CT molecular complexity index is 827. The molecule has 0 aromatic carbocycles. The molecule has 0 saturated carbocycles. The maximum absolute atomic E-state index is 12.4. The molecular formula is C39H71N3O4. The van der Waals surface area contributed by atoms with Crippen LogP contribution in [0.3, 0.4) is 0 Å². The fourth-order valence-electron chi connectivity index (χ4n) is 5.60. The smallest absolute Gasteiger partial charge is 0.307 e. The highest BCUT2D eigenvalue weighted by atomic mass is 16.5. The van der Waals surface area contributed by atoms with Crippen molar-refractivity contribution >= 4 is 11.9 Å². The Morgan fingerprint density at radius 1 is 0.609 bits per heavy atom. The van der Waals surface area contributed by atoms with Crippen molar-refractivity contribution in [2.45, 2.75) is 174 Å². The van der Waals surface area contributed by atoms with Gasteiger partial charge in [-0.15, -0.1) is 0 Å². The minimum Gasteiger partial charge on any atom is -0.466 e. The second-order valence-electron chi connectivity index (χ2n) is 13.0. The van der Waals surface area contributed by atoms with E-state index in [9.17, 15) is 9.59 Å². The third kappa shape index (κ3) is 28.1. The Morgan fingerprint density at radius 3 is 1.54 bits per heavy atom. The van der Waals surface area contributed by atoms with Gasteiger partial charge < -0.3 is 18.9 Å². The SMILES string of the molecule is CCCC/C=C/CCCCCCCCOC(=O)CCN(CCC(=O)OCCCCCCCCCCCCCC)CCn1ccnc1. The number of hydrogen-bond acceptors (Lipinski definition) is 6. The average Bonchev–Trinajstić information content (AvgIpc) is 3.59. The number of hydrogen-bond donors (Lipinski definition) is 0. The van der Waals surface area contributed by atoms with E-state index in [1.165, 1.54) is 116 Å². The molecule has 0 atom stereocenters. The first-order chi connectivity index (χ1) is 22.7. The summed E-state index contributed by atoms with van der Waals surface area (Å²) < 4.78 is 13.0. The molecule has 0 fully saturated rings. The van der Waals surface area contributed by atoms with Crippen molar-refractivity contribution in [3.63, 3.8) is 0 Å². The van der Waals surface area contributed by atoms with E-state index in [2.05, 4.69) is 35.9 Å². The normalized spacial score (nSPS) is 11.5. The molecule has 0 radical (unpaired) electrons. The quantitative estimate of drug-likeness (QED) is 0.0422. The summed E-state index contributed by atoms with van der Waals surface area (Å²) in [5, 5.41) is 0. The van der Waals surface area contributed by atoms with Gasteiger partial charge in [0.1, 0.15) is 0 Å². The van der Waals surface area contributed by atoms with E-state index in [1.807, 2.05) is 10.8 Å². The van der Waals surface area contributed by atoms with Gasteiger partial charge in [-0.25, -0.2) is 4.98 Å². The Kier molecular flexibility index (Phi) is 29.8. The molecule has 0 N–H and O–H groups in total. The molecule has 266 valence electrons. The third-order valence-corrected chi connectivity index (χ3v) is 8.68. The van der Waals surface area contributed by atoms with Crippen molar-refractivity contribution in [2.75, 3.05) is 32.8 Å². The van der Waals surface area contributed by atoms with Crippen LogP contribution in [-0.4, -0.2) is 59.2 Å². The Balaban J connectivity index is 2.11. The van der Waals surface area contributed by atoms with Gasteiger partial charge in [-0.2, -0.15) is 0 Å². The Hall–Kier alpha value is -2.15. The van der Waals surface area contributed by atoms with E-state index >= 15 is 0 Å². The monoisotopic (exact) mass is 646 g/mol. The number of allylic oxidation sites excluding steroid dienone is 2. The molecular weight excluding hydrogens is 574 g/mol. The lowest BCUT2D eigenvalue weighted by Crippen LogP contribution is -2.32. The van der Waals surface area contributed by atoms with Gasteiger partial charge in [-0.1, -0.05) is 135 Å². The number of ether oxygens (including phenoxy) is 2. The second kappa shape index (κ2) is 32.8. The van der Waals surface area contributed by atoms with E-state index in [0.29, 0.717) is 39.1 Å². The summed E-state index contributed by atoms with van der Waals surface area (Å²) >= 11 is 0. The fraction of sp³-hybridized carbons (Fsp3) is 0.821. The number of carbonyl (C=O) groups excluding carboxylic acids is 2. The zero-order valence-corrected chi connectivity index (χ0v) is 30.1. The highest BCUT2D eigenvalue weighted by Gasteiger charge is 2.13. The summed E-state index contributed by atoms with van der Waals surface area (Å²) in [6, 6.07) is 0. The largest absolute Gasteiger partial charge is 0.466 e. The van der Waals surface area contributed by atoms with Crippen molar-refractivity contribution in [3.05, 3.63) is 30.9 Å². The lowest BCUT2D eigenvalue weighted by Gasteiger charge is -2.21. The molecule has 0 aliphatic rings. The Morgan fingerprint density at radius 2 is 1.07 bits per heavy atom. The maximum atomic E-state index is 12.4. The minimum atomic E-state index is -0.156. The number of esters is 2. The molecule has 7 heteroatoms. The van der Waals surface area contributed by atoms with E-state index in [0.717, 1.165) is 38.8 Å². The molecule has 1 rings (SSSR count). The third-order valence-electron chi connectivity index (χ3n) is 8.68. The molecule has 0 aliphatic heterocycles. The summed E-state index contributed by atoms with van der Waals surface area (Å²) in [5.74, 6) is -0.307. The van der Waals surface area contributed by atoms with Crippen LogP contribution in [0.1, 0.15) is 168 Å². The molecule has 0 amide bonds. The van der Waals surface area contributed by atoms with Crippen molar-refractivity contribution < 1.29 is 19.1 Å². The summed E-state index contributed by atoms with van der Waals surface area (Å²) in [5.41, 5.74) is 0. The van der Waals surface area contributed by atoms with Gasteiger partial charge in [0.25, 0.3) is 0 Å². The lowest BCUT2D eigenvalue weighted by atomic mass is 10.1. The number of nitrogens with zero attached hydrogens (tertiary/aromatic N) is 3. The summed E-state index contributed by atoms with van der Waals surface area (Å²) in [6.07, 6.45) is 38.3. The van der Waals surface area contributed by atoms with Gasteiger partial charge >= 0.3 is 11.9 Å². The molecule has 0 aliphatic carbocycles. The first kappa shape index (κ1) is 41.9. The van der Waals surface area contributed by atoms with E-state index in [4.69, 9.17) is 9.47 Å². The maximum Gasteiger partial charge on any atom is 0.307 e. The van der Waals surface area contributed by atoms with Gasteiger partial charge in [-0.05, 0) is 32.1 Å². The van der Waals surface area contributed by atoms with E-state index < -0.39 is 0 Å². The lowest BCUT2D eigenvalue weighted by molar-refractivity contribution is -0.144. The highest BCUT2D eigenvalue weighted by Crippen LogP contribution is 2.12. The second-order valence-corrected chi connectivity index (χ2v) is 13.0. The number of rotatable bonds is 34. The van der Waals surface area contributed by atoms with Gasteiger partial charge in [0, 0.05) is 38.6 Å². The zero-order chi connectivity index (χ0) is 33.2. The van der Waals surface area contributed by atoms with Crippen molar-refractivity contribution in [3.8, 4) is 0 Å². The zero-order valence-electron chi connectivity index (χ0n) is 30.1. The molecule has 1 heterocycles. The molecule has 0 saturated heterocycles. The van der Waals surface area contributed by atoms with Crippen LogP contribution in [0.4, 0.5) is 0 Å². The van der Waals surface area contributed by atoms with Gasteiger partial charge in [0.05, 0.1) is 32.4 Å². The van der Waals surface area contributed by atoms with Crippen molar-refractivity contribution in [2.24, 2.45) is 0 Å². The van der Waals surface area contributed by atoms with Crippen LogP contribution in [-0.2, 0) is 25.6 Å². The molecule has 0 unspecified atom stereocenters. The van der Waals surface area contributed by atoms with Crippen LogP contribution < -0.4 is 0 Å². The van der Waals surface area contributed by atoms with Gasteiger partial charge in [-0.3, -0.25) is 9.59 Å². The number of aromatic nitrogens is 2. The fourth-order valence-corrected chi connectivity index (χ4v) is 5.60.